The van der Waals surface area contributed by atoms with Crippen LogP contribution in [-0.4, -0.2) is 19.9 Å². The van der Waals surface area contributed by atoms with E-state index in [4.69, 9.17) is 9.47 Å². The summed E-state index contributed by atoms with van der Waals surface area (Å²) in [5.41, 5.74) is 1.18. The van der Waals surface area contributed by atoms with E-state index in [1.54, 1.807) is 0 Å². The average molecular weight is 235 g/mol. The van der Waals surface area contributed by atoms with Gasteiger partial charge in [0.15, 0.2) is 6.79 Å². The molecule has 94 valence electrons. The van der Waals surface area contributed by atoms with Crippen LogP contribution in [0.4, 0.5) is 0 Å². The van der Waals surface area contributed by atoms with E-state index in [0.29, 0.717) is 6.79 Å². The van der Waals surface area contributed by atoms with Crippen LogP contribution in [0.2, 0.25) is 0 Å². The molecule has 0 radical (unpaired) electrons. The van der Waals surface area contributed by atoms with E-state index in [9.17, 15) is 0 Å². The van der Waals surface area contributed by atoms with Gasteiger partial charge in [-0.25, -0.2) is 0 Å². The van der Waals surface area contributed by atoms with Gasteiger partial charge in [0, 0.05) is 12.1 Å². The van der Waals surface area contributed by atoms with Crippen LogP contribution in [0.1, 0.15) is 25.3 Å². The summed E-state index contributed by atoms with van der Waals surface area (Å²) in [5, 5.41) is 3.30. The molecule has 0 saturated heterocycles. The summed E-state index contributed by atoms with van der Waals surface area (Å²) in [6, 6.07) is 8.10. The summed E-state index contributed by atoms with van der Waals surface area (Å²) in [5.74, 6) is 1.71. The molecule has 0 unspecified atom stereocenters. The molecule has 1 aromatic rings. The van der Waals surface area contributed by atoms with Crippen molar-refractivity contribution in [1.29, 1.82) is 0 Å². The van der Waals surface area contributed by atoms with Gasteiger partial charge >= 0.3 is 0 Å². The third-order valence-corrected chi connectivity index (χ3v) is 2.89. The van der Waals surface area contributed by atoms with E-state index >= 15 is 0 Å². The highest BCUT2D eigenvalue weighted by Crippen LogP contribution is 2.28. The Labute approximate surface area is 103 Å². The number of hydrogen-bond acceptors (Lipinski definition) is 3. The van der Waals surface area contributed by atoms with Crippen molar-refractivity contribution >= 4 is 0 Å². The lowest BCUT2D eigenvalue weighted by Gasteiger charge is -2.11. The maximum absolute atomic E-state index is 5.65. The fourth-order valence-corrected chi connectivity index (χ4v) is 1.65. The topological polar surface area (TPSA) is 30.5 Å². The van der Waals surface area contributed by atoms with Gasteiger partial charge in [-0.05, 0) is 31.4 Å². The smallest absolute Gasteiger partial charge is 0.189 e. The van der Waals surface area contributed by atoms with Crippen LogP contribution in [-0.2, 0) is 11.3 Å². The second kappa shape index (κ2) is 6.62. The highest BCUT2D eigenvalue weighted by molar-refractivity contribution is 5.33. The van der Waals surface area contributed by atoms with Gasteiger partial charge < -0.3 is 14.8 Å². The van der Waals surface area contributed by atoms with E-state index in [1.165, 1.54) is 18.4 Å². The van der Waals surface area contributed by atoms with E-state index in [0.717, 1.165) is 31.4 Å². The van der Waals surface area contributed by atoms with Crippen molar-refractivity contribution in [1.82, 2.24) is 5.32 Å². The second-order valence-corrected chi connectivity index (χ2v) is 4.46. The van der Waals surface area contributed by atoms with Gasteiger partial charge in [-0.3, -0.25) is 0 Å². The van der Waals surface area contributed by atoms with Gasteiger partial charge in [0.05, 0.1) is 6.61 Å². The Kier molecular flexibility index (Phi) is 4.83. The van der Waals surface area contributed by atoms with Gasteiger partial charge in [-0.2, -0.15) is 0 Å². The number of benzene rings is 1. The first-order valence-electron chi connectivity index (χ1n) is 6.39. The Hall–Kier alpha value is -1.06. The van der Waals surface area contributed by atoms with Crippen molar-refractivity contribution in [2.45, 2.75) is 26.3 Å². The van der Waals surface area contributed by atoms with Gasteiger partial charge in [-0.1, -0.05) is 25.1 Å². The van der Waals surface area contributed by atoms with Crippen LogP contribution >= 0.6 is 0 Å². The summed E-state index contributed by atoms with van der Waals surface area (Å²) in [6.45, 7) is 5.11. The molecular formula is C14H21NO2. The molecule has 0 aliphatic heterocycles. The van der Waals surface area contributed by atoms with Crippen molar-refractivity contribution in [3.63, 3.8) is 0 Å². The lowest BCUT2D eigenvalue weighted by molar-refractivity contribution is 0.00942. The fourth-order valence-electron chi connectivity index (χ4n) is 1.65. The predicted molar refractivity (Wildman–Crippen MR) is 68.0 cm³/mol. The molecule has 3 nitrogen and oxygen atoms in total. The lowest BCUT2D eigenvalue weighted by Crippen LogP contribution is -2.13. The van der Waals surface area contributed by atoms with Crippen molar-refractivity contribution in [3.8, 4) is 5.75 Å². The summed E-state index contributed by atoms with van der Waals surface area (Å²) < 4.78 is 11.1. The molecule has 17 heavy (non-hydrogen) atoms. The molecule has 0 amide bonds. The number of ether oxygens (including phenoxy) is 2. The minimum atomic E-state index is 0.361. The maximum Gasteiger partial charge on any atom is 0.189 e. The lowest BCUT2D eigenvalue weighted by atomic mass is 10.2. The number of rotatable bonds is 8. The Bertz CT molecular complexity index is 337. The van der Waals surface area contributed by atoms with Crippen LogP contribution in [0.15, 0.2) is 24.3 Å². The Morgan fingerprint density at radius 3 is 2.88 bits per heavy atom. The summed E-state index contributed by atoms with van der Waals surface area (Å²) in [4.78, 5) is 0. The molecule has 0 bridgehead atoms. The highest BCUT2D eigenvalue weighted by atomic mass is 16.7. The van der Waals surface area contributed by atoms with E-state index in [-0.39, 0.29) is 0 Å². The SMILES string of the molecule is CCNCc1ccccc1OCOCC1CC1. The number of nitrogens with one attached hydrogen (secondary N) is 1. The second-order valence-electron chi connectivity index (χ2n) is 4.46. The molecule has 0 spiro atoms. The Morgan fingerprint density at radius 2 is 2.12 bits per heavy atom. The van der Waals surface area contributed by atoms with Crippen molar-refractivity contribution < 1.29 is 9.47 Å². The molecule has 1 fully saturated rings. The molecule has 3 heteroatoms. The molecule has 0 heterocycles. The van der Waals surface area contributed by atoms with Crippen LogP contribution in [0.5, 0.6) is 5.75 Å². The normalized spacial score (nSPS) is 14.9. The van der Waals surface area contributed by atoms with Crippen LogP contribution in [0, 0.1) is 5.92 Å². The first-order valence-corrected chi connectivity index (χ1v) is 6.39. The van der Waals surface area contributed by atoms with Crippen LogP contribution < -0.4 is 10.1 Å². The molecule has 1 saturated carbocycles. The van der Waals surface area contributed by atoms with Gasteiger partial charge in [-0.15, -0.1) is 0 Å². The third kappa shape index (κ3) is 4.36. The number of para-hydroxylation sites is 1. The zero-order valence-corrected chi connectivity index (χ0v) is 10.4. The third-order valence-electron chi connectivity index (χ3n) is 2.89. The summed E-state index contributed by atoms with van der Waals surface area (Å²) in [6.07, 6.45) is 2.63. The monoisotopic (exact) mass is 235 g/mol. The molecule has 1 N–H and O–H groups in total. The van der Waals surface area contributed by atoms with E-state index in [2.05, 4.69) is 18.3 Å². The summed E-state index contributed by atoms with van der Waals surface area (Å²) in [7, 11) is 0. The van der Waals surface area contributed by atoms with Crippen molar-refractivity contribution in [3.05, 3.63) is 29.8 Å². The summed E-state index contributed by atoms with van der Waals surface area (Å²) >= 11 is 0. The predicted octanol–water partition coefficient (Wildman–Crippen LogP) is 2.56. The molecule has 1 aliphatic rings. The zero-order valence-electron chi connectivity index (χ0n) is 10.4. The largest absolute Gasteiger partial charge is 0.467 e. The maximum atomic E-state index is 5.65. The Morgan fingerprint density at radius 1 is 1.29 bits per heavy atom. The highest BCUT2D eigenvalue weighted by Gasteiger charge is 2.21. The van der Waals surface area contributed by atoms with Crippen molar-refractivity contribution in [2.75, 3.05) is 19.9 Å². The van der Waals surface area contributed by atoms with Gasteiger partial charge in [0.2, 0.25) is 0 Å². The minimum absolute atomic E-state index is 0.361. The Balaban J connectivity index is 1.76. The van der Waals surface area contributed by atoms with Crippen LogP contribution in [0.3, 0.4) is 0 Å². The van der Waals surface area contributed by atoms with Crippen molar-refractivity contribution in [2.24, 2.45) is 5.92 Å². The molecule has 1 aliphatic carbocycles. The van der Waals surface area contributed by atoms with Gasteiger partial charge in [0.1, 0.15) is 5.75 Å². The van der Waals surface area contributed by atoms with Gasteiger partial charge in [0.25, 0.3) is 0 Å². The van der Waals surface area contributed by atoms with E-state index in [1.807, 2.05) is 18.2 Å². The molecular weight excluding hydrogens is 214 g/mol. The molecule has 2 rings (SSSR count). The van der Waals surface area contributed by atoms with E-state index < -0.39 is 0 Å². The number of hydrogen-bond donors (Lipinski definition) is 1. The first kappa shape index (κ1) is 12.4. The minimum Gasteiger partial charge on any atom is -0.467 e. The fraction of sp³-hybridized carbons (Fsp3) is 0.571. The molecule has 0 aromatic heterocycles. The zero-order chi connectivity index (χ0) is 11.9. The standard InChI is InChI=1S/C14H21NO2/c1-2-15-9-13-5-3-4-6-14(13)17-11-16-10-12-7-8-12/h3-6,12,15H,2,7-11H2,1H3. The molecule has 1 aromatic carbocycles. The van der Waals surface area contributed by atoms with Crippen LogP contribution in [0.25, 0.3) is 0 Å². The first-order chi connectivity index (χ1) is 8.40. The quantitative estimate of drug-likeness (QED) is 0.555. The molecule has 0 atom stereocenters. The average Bonchev–Trinajstić information content (AvgIpc) is 3.17.